The number of benzene rings is 4. The van der Waals surface area contributed by atoms with Crippen LogP contribution >= 0.6 is 0 Å². The van der Waals surface area contributed by atoms with Crippen LogP contribution in [0.25, 0.3) is 22.0 Å². The number of ether oxygens (including phenoxy) is 1. The van der Waals surface area contributed by atoms with E-state index in [1.807, 2.05) is 54.6 Å². The minimum Gasteiger partial charge on any atom is -0.506 e. The second-order valence-corrected chi connectivity index (χ2v) is 13.0. The third kappa shape index (κ3) is 9.38. The molecule has 0 radical (unpaired) electrons. The molecule has 0 spiro atoms. The van der Waals surface area contributed by atoms with Gasteiger partial charge in [0, 0.05) is 36.7 Å². The summed E-state index contributed by atoms with van der Waals surface area (Å²) in [4.78, 5) is 29.5. The predicted octanol–water partition coefficient (Wildman–Crippen LogP) is 6.80. The molecule has 1 fully saturated rings. The maximum Gasteiger partial charge on any atom is 0.411 e. The van der Waals surface area contributed by atoms with E-state index in [0.29, 0.717) is 23.0 Å². The Morgan fingerprint density at radius 1 is 0.860 bits per heavy atom. The van der Waals surface area contributed by atoms with Gasteiger partial charge < -0.3 is 30.2 Å². The molecular weight excluding hydrogens is 628 g/mol. The minimum atomic E-state index is -0.772. The number of phenols is 1. The van der Waals surface area contributed by atoms with Crippen LogP contribution in [0.4, 0.5) is 10.5 Å². The molecule has 1 aliphatic heterocycles. The Bertz CT molecular complexity index is 1900. The zero-order valence-corrected chi connectivity index (χ0v) is 28.3. The van der Waals surface area contributed by atoms with Gasteiger partial charge in [-0.25, -0.2) is 4.79 Å². The van der Waals surface area contributed by atoms with Crippen molar-refractivity contribution in [3.05, 3.63) is 130 Å². The first-order valence-corrected chi connectivity index (χ1v) is 17.6. The summed E-state index contributed by atoms with van der Waals surface area (Å²) in [6, 6.07) is 32.8. The van der Waals surface area contributed by atoms with Crippen LogP contribution in [0.15, 0.2) is 108 Å². The second kappa shape index (κ2) is 17.1. The number of amides is 1. The molecule has 9 nitrogen and oxygen atoms in total. The highest BCUT2D eigenvalue weighted by molar-refractivity contribution is 5.91. The number of hydrogen-bond acceptors (Lipinski definition) is 7. The number of aryl methyl sites for hydroxylation is 1. The number of carbonyl (C=O) groups excluding carboxylic acids is 1. The molecule has 9 heteroatoms. The first-order valence-electron chi connectivity index (χ1n) is 17.6. The zero-order valence-electron chi connectivity index (χ0n) is 28.3. The Hall–Kier alpha value is -4.96. The molecule has 1 saturated heterocycles. The number of carbonyl (C=O) groups is 1. The lowest BCUT2D eigenvalue weighted by Gasteiger charge is -2.31. The van der Waals surface area contributed by atoms with Crippen molar-refractivity contribution in [1.82, 2.24) is 15.2 Å². The van der Waals surface area contributed by atoms with Gasteiger partial charge in [0.1, 0.15) is 11.9 Å². The number of rotatable bonds is 14. The summed E-state index contributed by atoms with van der Waals surface area (Å²) in [6.45, 7) is 4.01. The van der Waals surface area contributed by atoms with E-state index in [1.165, 1.54) is 23.3 Å². The molecule has 0 unspecified atom stereocenters. The average molecular weight is 675 g/mol. The number of unbranched alkanes of at least 4 members (excludes halogenated alkanes) is 1. The number of aliphatic hydroxyl groups is 1. The molecule has 0 bridgehead atoms. The fraction of sp³-hybridized carbons (Fsp3) is 0.317. The third-order valence-corrected chi connectivity index (χ3v) is 9.46. The number of aliphatic hydroxyl groups excluding tert-OH is 1. The summed E-state index contributed by atoms with van der Waals surface area (Å²) >= 11 is 0. The lowest BCUT2D eigenvalue weighted by molar-refractivity contribution is 0.0585. The van der Waals surface area contributed by atoms with Crippen LogP contribution in [0.1, 0.15) is 48.5 Å². The van der Waals surface area contributed by atoms with E-state index in [4.69, 9.17) is 4.74 Å². The smallest absolute Gasteiger partial charge is 0.411 e. The van der Waals surface area contributed by atoms with Crippen molar-refractivity contribution in [2.45, 2.75) is 50.7 Å². The lowest BCUT2D eigenvalue weighted by Crippen LogP contribution is -2.38. The molecule has 1 aliphatic rings. The van der Waals surface area contributed by atoms with E-state index in [9.17, 15) is 19.8 Å². The highest BCUT2D eigenvalue weighted by Gasteiger charge is 2.22. The Balaban J connectivity index is 0.846. The van der Waals surface area contributed by atoms with Crippen LogP contribution in [0.5, 0.6) is 5.75 Å². The van der Waals surface area contributed by atoms with Crippen molar-refractivity contribution >= 4 is 22.7 Å². The Labute approximate surface area is 292 Å². The molecule has 260 valence electrons. The number of anilines is 1. The molecule has 50 heavy (non-hydrogen) atoms. The highest BCUT2D eigenvalue weighted by Crippen LogP contribution is 2.29. The summed E-state index contributed by atoms with van der Waals surface area (Å²) in [6.07, 6.45) is 4.60. The fourth-order valence-corrected chi connectivity index (χ4v) is 6.67. The molecule has 4 aromatic carbocycles. The van der Waals surface area contributed by atoms with E-state index in [1.54, 1.807) is 12.1 Å². The Kier molecular flexibility index (Phi) is 11.9. The minimum absolute atomic E-state index is 0.0161. The predicted molar refractivity (Wildman–Crippen MR) is 199 cm³/mol. The molecule has 5 N–H and O–H groups in total. The van der Waals surface area contributed by atoms with Gasteiger partial charge in [-0.3, -0.25) is 10.1 Å². The van der Waals surface area contributed by atoms with Crippen molar-refractivity contribution in [3.63, 3.8) is 0 Å². The first kappa shape index (κ1) is 34.9. The SMILES string of the molecule is O=C(Nc1ccccc1-c1ccccc1)OC1CCN(CCCCc2ccc(CCNC[C@@H](O)c3ccc(O)c4[nH]c(=O)ccc34)cc2)CC1. The van der Waals surface area contributed by atoms with Crippen LogP contribution in [0.3, 0.4) is 0 Å². The molecule has 1 amide bonds. The number of nitrogens with one attached hydrogen (secondary N) is 3. The number of phenolic OH excluding ortho intramolecular Hbond substituents is 1. The van der Waals surface area contributed by atoms with E-state index in [2.05, 4.69) is 44.8 Å². The van der Waals surface area contributed by atoms with Crippen LogP contribution in [0, 0.1) is 0 Å². The van der Waals surface area contributed by atoms with Crippen LogP contribution in [0.2, 0.25) is 0 Å². The number of pyridine rings is 1. The van der Waals surface area contributed by atoms with Crippen molar-refractivity contribution in [2.75, 3.05) is 38.0 Å². The number of aromatic nitrogens is 1. The van der Waals surface area contributed by atoms with Crippen molar-refractivity contribution in [3.8, 4) is 16.9 Å². The van der Waals surface area contributed by atoms with Crippen LogP contribution < -0.4 is 16.2 Å². The van der Waals surface area contributed by atoms with Gasteiger partial charge in [0.15, 0.2) is 0 Å². The fourth-order valence-electron chi connectivity index (χ4n) is 6.67. The van der Waals surface area contributed by atoms with Gasteiger partial charge >= 0.3 is 6.09 Å². The first-order chi connectivity index (χ1) is 24.4. The summed E-state index contributed by atoms with van der Waals surface area (Å²) in [5.41, 5.74) is 6.05. The quantitative estimate of drug-likeness (QED) is 0.0820. The van der Waals surface area contributed by atoms with Crippen molar-refractivity contribution in [2.24, 2.45) is 0 Å². The Morgan fingerprint density at radius 3 is 2.36 bits per heavy atom. The van der Waals surface area contributed by atoms with Gasteiger partial charge in [-0.15, -0.1) is 0 Å². The van der Waals surface area contributed by atoms with Gasteiger partial charge in [-0.05, 0) is 92.1 Å². The number of likely N-dealkylation sites (tertiary alicyclic amines) is 1. The topological polar surface area (TPSA) is 127 Å². The summed E-state index contributed by atoms with van der Waals surface area (Å²) in [7, 11) is 0. The number of H-pyrrole nitrogens is 1. The monoisotopic (exact) mass is 674 g/mol. The number of piperidine rings is 1. The third-order valence-electron chi connectivity index (χ3n) is 9.46. The average Bonchev–Trinajstić information content (AvgIpc) is 3.14. The summed E-state index contributed by atoms with van der Waals surface area (Å²) in [5, 5.41) is 27.8. The maximum absolute atomic E-state index is 12.7. The van der Waals surface area contributed by atoms with E-state index in [-0.39, 0.29) is 17.4 Å². The van der Waals surface area contributed by atoms with Gasteiger partial charge in [0.05, 0.1) is 17.3 Å². The van der Waals surface area contributed by atoms with Crippen molar-refractivity contribution < 1.29 is 19.7 Å². The van der Waals surface area contributed by atoms with E-state index < -0.39 is 12.2 Å². The number of hydrogen-bond donors (Lipinski definition) is 5. The Morgan fingerprint density at radius 2 is 1.58 bits per heavy atom. The van der Waals surface area contributed by atoms with E-state index >= 15 is 0 Å². The van der Waals surface area contributed by atoms with Crippen molar-refractivity contribution in [1.29, 1.82) is 0 Å². The number of aromatic amines is 1. The standard InChI is InChI=1S/C41H46N4O5/c46-37-19-17-34(35-18-20-39(48)44-40(35)37)38(47)28-42-24-21-30-15-13-29(14-16-30)8-6-7-25-45-26-22-32(23-27-45)50-41(49)43-36-12-5-4-11-33(36)31-9-2-1-3-10-31/h1-5,9-20,32,38,42,46-47H,6-8,21-28H2,(H,43,49)(H,44,48)/t38-/m1/s1. The van der Waals surface area contributed by atoms with Crippen LogP contribution in [-0.4, -0.2) is 65.0 Å². The van der Waals surface area contributed by atoms with Gasteiger partial charge in [-0.1, -0.05) is 78.9 Å². The van der Waals surface area contributed by atoms with Crippen LogP contribution in [-0.2, 0) is 17.6 Å². The normalized spacial score (nSPS) is 14.4. The zero-order chi connectivity index (χ0) is 34.7. The lowest BCUT2D eigenvalue weighted by atomic mass is 10.0. The number of nitrogens with zero attached hydrogens (tertiary/aromatic N) is 1. The highest BCUT2D eigenvalue weighted by atomic mass is 16.6. The molecule has 2 heterocycles. The molecule has 1 aromatic heterocycles. The number of para-hydroxylation sites is 1. The van der Waals surface area contributed by atoms with Gasteiger partial charge in [0.2, 0.25) is 5.56 Å². The molecule has 0 saturated carbocycles. The molecule has 6 rings (SSSR count). The van der Waals surface area contributed by atoms with Gasteiger partial charge in [0.25, 0.3) is 0 Å². The summed E-state index contributed by atoms with van der Waals surface area (Å²) in [5.74, 6) is -0.0161. The molecular formula is C41H46N4O5. The van der Waals surface area contributed by atoms with E-state index in [0.717, 1.165) is 81.5 Å². The molecule has 5 aromatic rings. The molecule has 0 aliphatic carbocycles. The maximum atomic E-state index is 12.7. The largest absolute Gasteiger partial charge is 0.506 e. The second-order valence-electron chi connectivity index (χ2n) is 13.0. The number of fused-ring (bicyclic) bond motifs is 1. The van der Waals surface area contributed by atoms with Gasteiger partial charge in [-0.2, -0.15) is 0 Å². The summed E-state index contributed by atoms with van der Waals surface area (Å²) < 4.78 is 5.80. The molecule has 1 atom stereocenters. The number of aromatic hydroxyl groups is 1.